The lowest BCUT2D eigenvalue weighted by molar-refractivity contribution is 0.528. The molecule has 1 aromatic heterocycles. The van der Waals surface area contributed by atoms with Gasteiger partial charge >= 0.3 is 0 Å². The molecule has 0 fully saturated rings. The maximum atomic E-state index is 6.17. The van der Waals surface area contributed by atoms with Crippen molar-refractivity contribution in [3.05, 3.63) is 22.4 Å². The Balaban J connectivity index is 1.81. The van der Waals surface area contributed by atoms with Crippen molar-refractivity contribution >= 4 is 11.3 Å². The van der Waals surface area contributed by atoms with E-state index < -0.39 is 0 Å². The lowest BCUT2D eigenvalue weighted by Crippen LogP contribution is -2.07. The van der Waals surface area contributed by atoms with Gasteiger partial charge in [-0.3, -0.25) is 0 Å². The molecule has 0 saturated carbocycles. The Bertz CT molecular complexity index is 294. The van der Waals surface area contributed by atoms with Gasteiger partial charge in [-0.15, -0.1) is 11.3 Å². The summed E-state index contributed by atoms with van der Waals surface area (Å²) in [7, 11) is 0. The first kappa shape index (κ1) is 17.7. The van der Waals surface area contributed by atoms with E-state index in [1.807, 2.05) is 0 Å². The van der Waals surface area contributed by atoms with E-state index >= 15 is 0 Å². The van der Waals surface area contributed by atoms with E-state index in [0.717, 1.165) is 6.42 Å². The van der Waals surface area contributed by atoms with Crippen LogP contribution in [0, 0.1) is 0 Å². The summed E-state index contributed by atoms with van der Waals surface area (Å²) in [4.78, 5) is 1.34. The topological polar surface area (TPSA) is 26.0 Å². The van der Waals surface area contributed by atoms with E-state index in [-0.39, 0.29) is 6.04 Å². The largest absolute Gasteiger partial charge is 0.323 e. The maximum Gasteiger partial charge on any atom is 0.0389 e. The Morgan fingerprint density at radius 1 is 0.900 bits per heavy atom. The Morgan fingerprint density at radius 3 is 1.95 bits per heavy atom. The van der Waals surface area contributed by atoms with Crippen molar-refractivity contribution in [1.29, 1.82) is 0 Å². The molecule has 20 heavy (non-hydrogen) atoms. The van der Waals surface area contributed by atoms with E-state index in [0.29, 0.717) is 0 Å². The van der Waals surface area contributed by atoms with Crippen molar-refractivity contribution in [1.82, 2.24) is 0 Å². The summed E-state index contributed by atoms with van der Waals surface area (Å²) in [6.07, 6.45) is 16.6. The van der Waals surface area contributed by atoms with Gasteiger partial charge in [-0.25, -0.2) is 0 Å². The van der Waals surface area contributed by atoms with Crippen LogP contribution in [0.4, 0.5) is 0 Å². The zero-order valence-electron chi connectivity index (χ0n) is 13.3. The van der Waals surface area contributed by atoms with Gasteiger partial charge < -0.3 is 5.73 Å². The average molecular weight is 296 g/mol. The molecule has 0 saturated heterocycles. The summed E-state index contributed by atoms with van der Waals surface area (Å²) in [6, 6.07) is 4.53. The van der Waals surface area contributed by atoms with Crippen LogP contribution < -0.4 is 5.73 Å². The van der Waals surface area contributed by atoms with Crippen LogP contribution >= 0.6 is 11.3 Å². The van der Waals surface area contributed by atoms with Gasteiger partial charge in [-0.2, -0.15) is 0 Å². The third kappa shape index (κ3) is 8.76. The molecule has 116 valence electrons. The highest BCUT2D eigenvalue weighted by molar-refractivity contribution is 7.10. The molecular weight excluding hydrogens is 262 g/mol. The monoisotopic (exact) mass is 295 g/mol. The molecular formula is C18H33NS. The van der Waals surface area contributed by atoms with Crippen LogP contribution in [0.5, 0.6) is 0 Å². The standard InChI is InChI=1S/C18H33NS/c1-2-3-4-5-6-7-8-9-10-11-12-14-17(19)18-15-13-16-20-18/h13,15-17H,2-12,14,19H2,1H3. The summed E-state index contributed by atoms with van der Waals surface area (Å²) < 4.78 is 0. The normalized spacial score (nSPS) is 12.7. The quantitative estimate of drug-likeness (QED) is 0.416. The zero-order valence-corrected chi connectivity index (χ0v) is 14.1. The molecule has 1 aromatic rings. The highest BCUT2D eigenvalue weighted by atomic mass is 32.1. The number of nitrogens with two attached hydrogens (primary N) is 1. The fourth-order valence-electron chi connectivity index (χ4n) is 2.67. The molecule has 1 nitrogen and oxygen atoms in total. The van der Waals surface area contributed by atoms with Crippen LogP contribution in [0.15, 0.2) is 17.5 Å². The van der Waals surface area contributed by atoms with E-state index in [9.17, 15) is 0 Å². The first-order chi connectivity index (χ1) is 9.84. The Morgan fingerprint density at radius 2 is 1.45 bits per heavy atom. The first-order valence-corrected chi connectivity index (χ1v) is 9.51. The molecule has 0 aliphatic carbocycles. The maximum absolute atomic E-state index is 6.17. The van der Waals surface area contributed by atoms with E-state index in [4.69, 9.17) is 5.73 Å². The SMILES string of the molecule is CCCCCCCCCCCCCC(N)c1cccs1. The number of thiophene rings is 1. The molecule has 2 N–H and O–H groups in total. The Kier molecular flexibility index (Phi) is 11.0. The third-order valence-electron chi connectivity index (χ3n) is 4.03. The highest BCUT2D eigenvalue weighted by Crippen LogP contribution is 2.22. The lowest BCUT2D eigenvalue weighted by atomic mass is 10.0. The Hall–Kier alpha value is -0.340. The van der Waals surface area contributed by atoms with Crippen molar-refractivity contribution in [2.24, 2.45) is 5.73 Å². The number of rotatable bonds is 13. The zero-order chi connectivity index (χ0) is 14.5. The van der Waals surface area contributed by atoms with Crippen molar-refractivity contribution < 1.29 is 0 Å². The number of unbranched alkanes of at least 4 members (excludes halogenated alkanes) is 10. The van der Waals surface area contributed by atoms with E-state index in [1.165, 1.54) is 75.5 Å². The molecule has 0 radical (unpaired) electrons. The second-order valence-electron chi connectivity index (χ2n) is 5.95. The molecule has 0 aliphatic heterocycles. The van der Waals surface area contributed by atoms with Crippen LogP contribution in [-0.2, 0) is 0 Å². The van der Waals surface area contributed by atoms with Gasteiger partial charge in [-0.1, -0.05) is 83.6 Å². The van der Waals surface area contributed by atoms with Gasteiger partial charge in [0.05, 0.1) is 0 Å². The molecule has 0 aliphatic rings. The van der Waals surface area contributed by atoms with Crippen molar-refractivity contribution in [3.8, 4) is 0 Å². The minimum Gasteiger partial charge on any atom is -0.323 e. The van der Waals surface area contributed by atoms with Crippen LogP contribution in [0.3, 0.4) is 0 Å². The highest BCUT2D eigenvalue weighted by Gasteiger charge is 2.05. The predicted octanol–water partition coefficient (Wildman–Crippen LogP) is 6.45. The molecule has 0 bridgehead atoms. The first-order valence-electron chi connectivity index (χ1n) is 8.63. The summed E-state index contributed by atoms with van der Waals surface area (Å²) in [6.45, 7) is 2.28. The van der Waals surface area contributed by atoms with Gasteiger partial charge in [-0.05, 0) is 17.9 Å². The average Bonchev–Trinajstić information content (AvgIpc) is 2.99. The van der Waals surface area contributed by atoms with Gasteiger partial charge in [0, 0.05) is 10.9 Å². The van der Waals surface area contributed by atoms with Crippen molar-refractivity contribution in [2.45, 2.75) is 90.0 Å². The van der Waals surface area contributed by atoms with Crippen molar-refractivity contribution in [2.75, 3.05) is 0 Å². The molecule has 0 amide bonds. The number of hydrogen-bond donors (Lipinski definition) is 1. The minimum absolute atomic E-state index is 0.272. The second-order valence-corrected chi connectivity index (χ2v) is 6.93. The number of hydrogen-bond acceptors (Lipinski definition) is 2. The van der Waals surface area contributed by atoms with Gasteiger partial charge in [0.1, 0.15) is 0 Å². The van der Waals surface area contributed by atoms with Crippen LogP contribution in [0.2, 0.25) is 0 Å². The predicted molar refractivity (Wildman–Crippen MR) is 92.3 cm³/mol. The molecule has 1 heterocycles. The smallest absolute Gasteiger partial charge is 0.0389 e. The molecule has 1 atom stereocenters. The van der Waals surface area contributed by atoms with E-state index in [2.05, 4.69) is 24.4 Å². The van der Waals surface area contributed by atoms with Crippen LogP contribution in [-0.4, -0.2) is 0 Å². The van der Waals surface area contributed by atoms with Gasteiger partial charge in [0.25, 0.3) is 0 Å². The van der Waals surface area contributed by atoms with Crippen LogP contribution in [0.1, 0.15) is 94.9 Å². The van der Waals surface area contributed by atoms with Crippen molar-refractivity contribution in [3.63, 3.8) is 0 Å². The second kappa shape index (κ2) is 12.4. The third-order valence-corrected chi connectivity index (χ3v) is 5.03. The molecule has 0 aromatic carbocycles. The minimum atomic E-state index is 0.272. The molecule has 0 spiro atoms. The fraction of sp³-hybridized carbons (Fsp3) is 0.778. The van der Waals surface area contributed by atoms with Crippen LogP contribution in [0.25, 0.3) is 0 Å². The van der Waals surface area contributed by atoms with Gasteiger partial charge in [0.2, 0.25) is 0 Å². The van der Waals surface area contributed by atoms with E-state index in [1.54, 1.807) is 11.3 Å². The lowest BCUT2D eigenvalue weighted by Gasteiger charge is -2.09. The summed E-state index contributed by atoms with van der Waals surface area (Å²) in [5.74, 6) is 0. The van der Waals surface area contributed by atoms with Gasteiger partial charge in [0.15, 0.2) is 0 Å². The fourth-order valence-corrected chi connectivity index (χ4v) is 3.44. The molecule has 1 rings (SSSR count). The molecule has 2 heteroatoms. The summed E-state index contributed by atoms with van der Waals surface area (Å²) in [5, 5.41) is 2.12. The Labute approximate surface area is 130 Å². The molecule has 1 unspecified atom stereocenters. The summed E-state index contributed by atoms with van der Waals surface area (Å²) >= 11 is 1.79. The summed E-state index contributed by atoms with van der Waals surface area (Å²) in [5.41, 5.74) is 6.17.